The smallest absolute Gasteiger partial charge is 0.329 e. The van der Waals surface area contributed by atoms with E-state index in [2.05, 4.69) is 11.0 Å². The number of hydrogen-bond donors (Lipinski definition) is 1. The molecule has 0 atom stereocenters. The lowest BCUT2D eigenvalue weighted by Gasteiger charge is -2.48. The van der Waals surface area contributed by atoms with Crippen molar-refractivity contribution in [1.82, 2.24) is 0 Å². The van der Waals surface area contributed by atoms with Crippen molar-refractivity contribution in [2.24, 2.45) is 0 Å². The lowest BCUT2D eigenvalue weighted by atomic mass is 9.95. The molecule has 1 heterocycles. The summed E-state index contributed by atoms with van der Waals surface area (Å²) in [5, 5.41) is 17.5. The van der Waals surface area contributed by atoms with Crippen LogP contribution < -0.4 is 4.90 Å². The van der Waals surface area contributed by atoms with E-state index in [1.54, 1.807) is 6.07 Å². The topological polar surface area (TPSA) is 73.6 Å². The summed E-state index contributed by atoms with van der Waals surface area (Å²) >= 11 is 0. The summed E-state index contributed by atoms with van der Waals surface area (Å²) in [6, 6.07) is 7.81. The molecule has 0 spiro atoms. The minimum Gasteiger partial charge on any atom is -0.480 e. The number of carboxylic acid groups (broad SMARTS) is 1. The highest BCUT2D eigenvalue weighted by Crippen LogP contribution is 2.31. The number of rotatable bonds is 4. The van der Waals surface area contributed by atoms with Gasteiger partial charge in [-0.1, -0.05) is 0 Å². The van der Waals surface area contributed by atoms with Crippen molar-refractivity contribution < 1.29 is 14.6 Å². The molecular formula is C14H16N2O3. The molecule has 2 rings (SSSR count). The number of aliphatic carboxylic acids is 1. The first-order chi connectivity index (χ1) is 8.93. The van der Waals surface area contributed by atoms with Gasteiger partial charge in [-0.3, -0.25) is 0 Å². The molecule has 19 heavy (non-hydrogen) atoms. The van der Waals surface area contributed by atoms with Gasteiger partial charge in [-0.05, 0) is 37.6 Å². The monoisotopic (exact) mass is 260 g/mol. The van der Waals surface area contributed by atoms with Crippen LogP contribution in [0, 0.1) is 18.3 Å². The number of anilines is 1. The third-order valence-electron chi connectivity index (χ3n) is 3.29. The van der Waals surface area contributed by atoms with E-state index in [0.29, 0.717) is 18.7 Å². The maximum absolute atomic E-state index is 10.5. The number of nitriles is 1. The Kier molecular flexibility index (Phi) is 3.45. The SMILES string of the molecule is Cc1cc(N2CC(C)(OCC(=O)O)C2)ccc1C#N. The third kappa shape index (κ3) is 2.85. The lowest BCUT2D eigenvalue weighted by molar-refractivity contribution is -0.150. The summed E-state index contributed by atoms with van der Waals surface area (Å²) < 4.78 is 5.36. The number of benzene rings is 1. The molecule has 1 aliphatic heterocycles. The Morgan fingerprint density at radius 2 is 2.26 bits per heavy atom. The summed E-state index contributed by atoms with van der Waals surface area (Å²) in [7, 11) is 0. The van der Waals surface area contributed by atoms with Crippen molar-refractivity contribution in [3.8, 4) is 6.07 Å². The average Bonchev–Trinajstić information content (AvgIpc) is 2.33. The molecule has 0 saturated carbocycles. The maximum atomic E-state index is 10.5. The number of ether oxygens (including phenoxy) is 1. The van der Waals surface area contributed by atoms with Crippen LogP contribution in [-0.4, -0.2) is 36.4 Å². The predicted molar refractivity (Wildman–Crippen MR) is 70.1 cm³/mol. The molecule has 1 N–H and O–H groups in total. The molecule has 100 valence electrons. The minimum atomic E-state index is -0.950. The second-order valence-electron chi connectivity index (χ2n) is 5.10. The molecule has 0 bridgehead atoms. The van der Waals surface area contributed by atoms with E-state index in [-0.39, 0.29) is 6.61 Å². The summed E-state index contributed by atoms with van der Waals surface area (Å²) in [4.78, 5) is 12.6. The normalized spacial score (nSPS) is 16.6. The van der Waals surface area contributed by atoms with Crippen LogP contribution in [-0.2, 0) is 9.53 Å². The number of nitrogens with zero attached hydrogens (tertiary/aromatic N) is 2. The molecular weight excluding hydrogens is 244 g/mol. The van der Waals surface area contributed by atoms with Crippen LogP contribution in [0.15, 0.2) is 18.2 Å². The number of aryl methyl sites for hydroxylation is 1. The molecule has 0 amide bonds. The first kappa shape index (κ1) is 13.4. The predicted octanol–water partition coefficient (Wildman–Crippen LogP) is 1.55. The van der Waals surface area contributed by atoms with Crippen molar-refractivity contribution in [2.75, 3.05) is 24.6 Å². The van der Waals surface area contributed by atoms with Crippen molar-refractivity contribution in [3.63, 3.8) is 0 Å². The van der Waals surface area contributed by atoms with Crippen molar-refractivity contribution in [2.45, 2.75) is 19.4 Å². The Morgan fingerprint density at radius 3 is 2.79 bits per heavy atom. The van der Waals surface area contributed by atoms with Gasteiger partial charge in [0.05, 0.1) is 11.6 Å². The van der Waals surface area contributed by atoms with Gasteiger partial charge in [0, 0.05) is 18.8 Å². The fourth-order valence-electron chi connectivity index (χ4n) is 2.24. The van der Waals surface area contributed by atoms with Crippen molar-refractivity contribution >= 4 is 11.7 Å². The zero-order chi connectivity index (χ0) is 14.0. The van der Waals surface area contributed by atoms with Crippen LogP contribution in [0.3, 0.4) is 0 Å². The zero-order valence-corrected chi connectivity index (χ0v) is 11.0. The summed E-state index contributed by atoms with van der Waals surface area (Å²) in [6.45, 7) is 4.86. The largest absolute Gasteiger partial charge is 0.480 e. The summed E-state index contributed by atoms with van der Waals surface area (Å²) in [5.41, 5.74) is 2.25. The highest BCUT2D eigenvalue weighted by Gasteiger charge is 2.40. The Labute approximate surface area is 112 Å². The first-order valence-electron chi connectivity index (χ1n) is 6.05. The van der Waals surface area contributed by atoms with Gasteiger partial charge in [0.15, 0.2) is 0 Å². The molecule has 5 heteroatoms. The molecule has 0 unspecified atom stereocenters. The molecule has 0 aliphatic carbocycles. The Morgan fingerprint density at radius 1 is 1.58 bits per heavy atom. The van der Waals surface area contributed by atoms with Gasteiger partial charge < -0.3 is 14.7 Å². The van der Waals surface area contributed by atoms with Crippen molar-refractivity contribution in [1.29, 1.82) is 5.26 Å². The lowest BCUT2D eigenvalue weighted by Crippen LogP contribution is -2.62. The molecule has 0 radical (unpaired) electrons. The standard InChI is InChI=1S/C14H16N2O3/c1-10-5-12(4-3-11(10)6-15)16-8-14(2,9-16)19-7-13(17)18/h3-5H,7-9H2,1-2H3,(H,17,18). The summed E-state index contributed by atoms with van der Waals surface area (Å²) in [5.74, 6) is -0.950. The number of carboxylic acids is 1. The van der Waals surface area contributed by atoms with Crippen LogP contribution in [0.4, 0.5) is 5.69 Å². The highest BCUT2D eigenvalue weighted by molar-refractivity contribution is 5.68. The molecule has 5 nitrogen and oxygen atoms in total. The van der Waals surface area contributed by atoms with Crippen molar-refractivity contribution in [3.05, 3.63) is 29.3 Å². The first-order valence-corrected chi connectivity index (χ1v) is 6.05. The molecule has 1 fully saturated rings. The highest BCUT2D eigenvalue weighted by atomic mass is 16.5. The Balaban J connectivity index is 1.98. The second kappa shape index (κ2) is 4.90. The molecule has 1 aliphatic rings. The molecule has 1 saturated heterocycles. The number of carbonyl (C=O) groups is 1. The van der Waals surface area contributed by atoms with Gasteiger partial charge in [0.25, 0.3) is 0 Å². The van der Waals surface area contributed by atoms with E-state index in [4.69, 9.17) is 15.1 Å². The van der Waals surface area contributed by atoms with E-state index >= 15 is 0 Å². The summed E-state index contributed by atoms with van der Waals surface area (Å²) in [6.07, 6.45) is 0. The quantitative estimate of drug-likeness (QED) is 0.889. The van der Waals surface area contributed by atoms with Crippen LogP contribution in [0.1, 0.15) is 18.1 Å². The van der Waals surface area contributed by atoms with Gasteiger partial charge in [-0.25, -0.2) is 4.79 Å². The molecule has 1 aromatic carbocycles. The average molecular weight is 260 g/mol. The third-order valence-corrected chi connectivity index (χ3v) is 3.29. The van der Waals surface area contributed by atoms with Gasteiger partial charge in [0.1, 0.15) is 12.2 Å². The van der Waals surface area contributed by atoms with Crippen LogP contribution >= 0.6 is 0 Å². The van der Waals surface area contributed by atoms with Gasteiger partial charge >= 0.3 is 5.97 Å². The fourth-order valence-corrected chi connectivity index (χ4v) is 2.24. The maximum Gasteiger partial charge on any atom is 0.329 e. The Bertz CT molecular complexity index is 542. The minimum absolute atomic E-state index is 0.267. The molecule has 1 aromatic rings. The van der Waals surface area contributed by atoms with Crippen LogP contribution in [0.25, 0.3) is 0 Å². The van der Waals surface area contributed by atoms with Crippen LogP contribution in [0.5, 0.6) is 0 Å². The number of hydrogen-bond acceptors (Lipinski definition) is 4. The second-order valence-corrected chi connectivity index (χ2v) is 5.10. The van der Waals surface area contributed by atoms with Crippen LogP contribution in [0.2, 0.25) is 0 Å². The van der Waals surface area contributed by atoms with E-state index < -0.39 is 11.6 Å². The van der Waals surface area contributed by atoms with E-state index in [1.165, 1.54) is 0 Å². The fraction of sp³-hybridized carbons (Fsp3) is 0.429. The molecule has 0 aromatic heterocycles. The van der Waals surface area contributed by atoms with E-state index in [0.717, 1.165) is 11.3 Å². The van der Waals surface area contributed by atoms with E-state index in [9.17, 15) is 4.79 Å². The van der Waals surface area contributed by atoms with E-state index in [1.807, 2.05) is 26.0 Å². The zero-order valence-electron chi connectivity index (χ0n) is 11.0. The van der Waals surface area contributed by atoms with Gasteiger partial charge in [-0.15, -0.1) is 0 Å². The van der Waals surface area contributed by atoms with Gasteiger partial charge in [0.2, 0.25) is 0 Å². The van der Waals surface area contributed by atoms with Gasteiger partial charge in [-0.2, -0.15) is 5.26 Å². The Hall–Kier alpha value is -2.06.